The summed E-state index contributed by atoms with van der Waals surface area (Å²) < 4.78 is 13.2. The maximum atomic E-state index is 13.2. The number of aryl methyl sites for hydroxylation is 2. The molecule has 1 heterocycles. The van der Waals surface area contributed by atoms with Gasteiger partial charge in [-0.15, -0.1) is 11.3 Å². The van der Waals surface area contributed by atoms with Gasteiger partial charge in [0, 0.05) is 4.88 Å². The van der Waals surface area contributed by atoms with E-state index in [0.717, 1.165) is 16.0 Å². The van der Waals surface area contributed by atoms with E-state index in [9.17, 15) is 9.50 Å². The summed E-state index contributed by atoms with van der Waals surface area (Å²) in [6, 6.07) is 6.73. The topological polar surface area (TPSA) is 20.2 Å². The van der Waals surface area contributed by atoms with Crippen molar-refractivity contribution in [1.29, 1.82) is 0 Å². The molecule has 1 N–H and O–H groups in total. The van der Waals surface area contributed by atoms with Crippen molar-refractivity contribution in [3.05, 3.63) is 57.0 Å². The second-order valence-electron chi connectivity index (χ2n) is 4.47. The summed E-state index contributed by atoms with van der Waals surface area (Å²) in [5.74, 6) is -0.243. The zero-order valence-electron chi connectivity index (χ0n) is 10.1. The second kappa shape index (κ2) is 4.24. The molecule has 2 rings (SSSR count). The number of thiophene rings is 1. The molecule has 0 spiro atoms. The Balaban J connectivity index is 2.51. The molecule has 0 amide bonds. The molecule has 0 radical (unpaired) electrons. The fraction of sp³-hybridized carbons (Fsp3) is 0.286. The fourth-order valence-electron chi connectivity index (χ4n) is 1.95. The van der Waals surface area contributed by atoms with Crippen LogP contribution in [0.25, 0.3) is 0 Å². The number of aliphatic hydroxyl groups is 1. The molecule has 3 heteroatoms. The Morgan fingerprint density at radius 1 is 1.18 bits per heavy atom. The van der Waals surface area contributed by atoms with Crippen LogP contribution in [-0.2, 0) is 5.60 Å². The van der Waals surface area contributed by atoms with Gasteiger partial charge in [-0.25, -0.2) is 4.39 Å². The number of rotatable bonds is 2. The molecule has 17 heavy (non-hydrogen) atoms. The van der Waals surface area contributed by atoms with Gasteiger partial charge in [0.05, 0.1) is 0 Å². The first-order valence-electron chi connectivity index (χ1n) is 5.46. The van der Waals surface area contributed by atoms with E-state index in [1.165, 1.54) is 17.4 Å². The normalized spacial score (nSPS) is 14.6. The van der Waals surface area contributed by atoms with E-state index < -0.39 is 5.60 Å². The van der Waals surface area contributed by atoms with E-state index in [0.29, 0.717) is 5.56 Å². The van der Waals surface area contributed by atoms with Crippen LogP contribution >= 0.6 is 11.3 Å². The van der Waals surface area contributed by atoms with E-state index in [1.54, 1.807) is 26.0 Å². The third-order valence-corrected chi connectivity index (χ3v) is 4.25. The molecule has 0 saturated heterocycles. The third kappa shape index (κ3) is 2.13. The minimum absolute atomic E-state index is 0.243. The Kier molecular flexibility index (Phi) is 3.06. The first-order chi connectivity index (χ1) is 7.93. The molecule has 2 aromatic rings. The molecule has 0 bridgehead atoms. The van der Waals surface area contributed by atoms with Crippen molar-refractivity contribution in [2.45, 2.75) is 26.4 Å². The van der Waals surface area contributed by atoms with Crippen molar-refractivity contribution in [3.63, 3.8) is 0 Å². The summed E-state index contributed by atoms with van der Waals surface area (Å²) in [4.78, 5) is 0.906. The molecular formula is C14H15FOS. The molecule has 90 valence electrons. The maximum absolute atomic E-state index is 13.2. The van der Waals surface area contributed by atoms with Gasteiger partial charge in [0.15, 0.2) is 0 Å². The van der Waals surface area contributed by atoms with Gasteiger partial charge < -0.3 is 5.11 Å². The highest BCUT2D eigenvalue weighted by Gasteiger charge is 2.28. The van der Waals surface area contributed by atoms with Crippen molar-refractivity contribution in [1.82, 2.24) is 0 Å². The number of hydrogen-bond donors (Lipinski definition) is 1. The van der Waals surface area contributed by atoms with Crippen LogP contribution in [0.5, 0.6) is 0 Å². The Bertz CT molecular complexity index is 543. The Hall–Kier alpha value is -1.19. The second-order valence-corrected chi connectivity index (χ2v) is 5.39. The number of halogens is 1. The van der Waals surface area contributed by atoms with Crippen LogP contribution in [0.2, 0.25) is 0 Å². The summed E-state index contributed by atoms with van der Waals surface area (Å²) in [5, 5.41) is 12.6. The minimum atomic E-state index is -1.06. The van der Waals surface area contributed by atoms with E-state index in [1.807, 2.05) is 18.4 Å². The number of hydrogen-bond acceptors (Lipinski definition) is 2. The molecule has 1 aromatic carbocycles. The van der Waals surface area contributed by atoms with Crippen molar-refractivity contribution >= 4 is 11.3 Å². The van der Waals surface area contributed by atoms with Gasteiger partial charge in [-0.2, -0.15) is 0 Å². The zero-order valence-corrected chi connectivity index (χ0v) is 10.9. The molecule has 0 fully saturated rings. The van der Waals surface area contributed by atoms with Crippen LogP contribution in [0.1, 0.15) is 28.5 Å². The molecular weight excluding hydrogens is 235 g/mol. The summed E-state index contributed by atoms with van der Waals surface area (Å²) in [6.45, 7) is 5.42. The zero-order chi connectivity index (χ0) is 12.6. The average molecular weight is 250 g/mol. The average Bonchev–Trinajstić information content (AvgIpc) is 2.69. The summed E-state index contributed by atoms with van der Waals surface area (Å²) in [5.41, 5.74) is 1.28. The van der Waals surface area contributed by atoms with Crippen molar-refractivity contribution in [2.75, 3.05) is 0 Å². The molecule has 1 atom stereocenters. The smallest absolute Gasteiger partial charge is 0.126 e. The predicted molar refractivity (Wildman–Crippen MR) is 68.9 cm³/mol. The van der Waals surface area contributed by atoms with Gasteiger partial charge in [-0.05, 0) is 61.0 Å². The molecule has 0 saturated carbocycles. The summed E-state index contributed by atoms with van der Waals surface area (Å²) in [7, 11) is 0. The molecule has 0 aliphatic heterocycles. The van der Waals surface area contributed by atoms with Crippen molar-refractivity contribution in [3.8, 4) is 0 Å². The Morgan fingerprint density at radius 3 is 2.41 bits per heavy atom. The highest BCUT2D eigenvalue weighted by molar-refractivity contribution is 7.10. The summed E-state index contributed by atoms with van der Waals surface area (Å²) >= 11 is 1.52. The van der Waals surface area contributed by atoms with Gasteiger partial charge in [-0.3, -0.25) is 0 Å². The lowest BCUT2D eigenvalue weighted by Crippen LogP contribution is -2.22. The van der Waals surface area contributed by atoms with E-state index in [2.05, 4.69) is 0 Å². The third-order valence-electron chi connectivity index (χ3n) is 3.02. The van der Waals surface area contributed by atoms with Gasteiger partial charge in [0.25, 0.3) is 0 Å². The lowest BCUT2D eigenvalue weighted by Gasteiger charge is -2.24. The molecule has 1 nitrogen and oxygen atoms in total. The largest absolute Gasteiger partial charge is 0.380 e. The first kappa shape index (κ1) is 12.3. The lowest BCUT2D eigenvalue weighted by atomic mass is 9.91. The summed E-state index contributed by atoms with van der Waals surface area (Å²) in [6.07, 6.45) is 0. The standard InChI is InChI=1S/C14H15FOS/c1-9-6-7-17-13(9)14(3,16)11-4-5-12(15)10(2)8-11/h4-8,16H,1-3H3. The van der Waals surface area contributed by atoms with Crippen LogP contribution in [0, 0.1) is 19.7 Å². The van der Waals surface area contributed by atoms with Gasteiger partial charge >= 0.3 is 0 Å². The Morgan fingerprint density at radius 2 is 1.88 bits per heavy atom. The molecule has 1 aromatic heterocycles. The van der Waals surface area contributed by atoms with Gasteiger partial charge in [0.1, 0.15) is 11.4 Å². The number of benzene rings is 1. The van der Waals surface area contributed by atoms with Crippen molar-refractivity contribution < 1.29 is 9.50 Å². The van der Waals surface area contributed by atoms with Gasteiger partial charge in [-0.1, -0.05) is 6.07 Å². The van der Waals surface area contributed by atoms with Gasteiger partial charge in [0.2, 0.25) is 0 Å². The first-order valence-corrected chi connectivity index (χ1v) is 6.34. The van der Waals surface area contributed by atoms with Crippen LogP contribution < -0.4 is 0 Å². The van der Waals surface area contributed by atoms with Crippen molar-refractivity contribution in [2.24, 2.45) is 0 Å². The van der Waals surface area contributed by atoms with E-state index in [4.69, 9.17) is 0 Å². The van der Waals surface area contributed by atoms with E-state index in [-0.39, 0.29) is 5.82 Å². The van der Waals surface area contributed by atoms with Crippen LogP contribution in [0.15, 0.2) is 29.6 Å². The quantitative estimate of drug-likeness (QED) is 0.860. The SMILES string of the molecule is Cc1cc(C(C)(O)c2sccc2C)ccc1F. The Labute approximate surface area is 105 Å². The van der Waals surface area contributed by atoms with Crippen LogP contribution in [-0.4, -0.2) is 5.11 Å². The predicted octanol–water partition coefficient (Wildman–Crippen LogP) is 3.76. The minimum Gasteiger partial charge on any atom is -0.380 e. The maximum Gasteiger partial charge on any atom is 0.126 e. The molecule has 0 aliphatic rings. The fourth-order valence-corrected chi connectivity index (χ4v) is 2.96. The van der Waals surface area contributed by atoms with Crippen LogP contribution in [0.3, 0.4) is 0 Å². The highest BCUT2D eigenvalue weighted by atomic mass is 32.1. The highest BCUT2D eigenvalue weighted by Crippen LogP contribution is 2.35. The van der Waals surface area contributed by atoms with E-state index >= 15 is 0 Å². The molecule has 1 unspecified atom stereocenters. The lowest BCUT2D eigenvalue weighted by molar-refractivity contribution is 0.105. The molecule has 0 aliphatic carbocycles. The monoisotopic (exact) mass is 250 g/mol. The van der Waals surface area contributed by atoms with Crippen LogP contribution in [0.4, 0.5) is 4.39 Å².